The first kappa shape index (κ1) is 19.1. The van der Waals surface area contributed by atoms with Crippen LogP contribution in [0.15, 0.2) is 43.0 Å². The highest BCUT2D eigenvalue weighted by atomic mass is 16.2. The van der Waals surface area contributed by atoms with Gasteiger partial charge in [-0.1, -0.05) is 37.3 Å². The summed E-state index contributed by atoms with van der Waals surface area (Å²) in [7, 11) is 0. The van der Waals surface area contributed by atoms with E-state index in [2.05, 4.69) is 17.0 Å². The number of aromatic nitrogens is 3. The summed E-state index contributed by atoms with van der Waals surface area (Å²) in [5.74, 6) is 0.242. The number of benzene rings is 1. The molecule has 1 atom stereocenters. The lowest BCUT2D eigenvalue weighted by Crippen LogP contribution is -2.43. The maximum atomic E-state index is 12.7. The van der Waals surface area contributed by atoms with Crippen LogP contribution >= 0.6 is 0 Å². The zero-order valence-corrected chi connectivity index (χ0v) is 15.8. The highest BCUT2D eigenvalue weighted by Gasteiger charge is 2.30. The SMILES string of the molecule is CC[C@H]1CN(C(=O)CCCn2cncn2)CCC(=O)N1Cc1ccccc1. The quantitative estimate of drug-likeness (QED) is 0.749. The summed E-state index contributed by atoms with van der Waals surface area (Å²) in [6, 6.07) is 10.1. The summed E-state index contributed by atoms with van der Waals surface area (Å²) in [5.41, 5.74) is 1.12. The molecule has 0 N–H and O–H groups in total. The highest BCUT2D eigenvalue weighted by molar-refractivity contribution is 5.80. The van der Waals surface area contributed by atoms with E-state index in [-0.39, 0.29) is 17.9 Å². The molecule has 144 valence electrons. The van der Waals surface area contributed by atoms with Crippen LogP contribution in [-0.4, -0.2) is 55.5 Å². The zero-order valence-electron chi connectivity index (χ0n) is 15.8. The molecule has 2 aromatic rings. The molecule has 0 radical (unpaired) electrons. The van der Waals surface area contributed by atoms with Gasteiger partial charge in [0.25, 0.3) is 0 Å². The van der Waals surface area contributed by atoms with Crippen LogP contribution in [0, 0.1) is 0 Å². The van der Waals surface area contributed by atoms with Gasteiger partial charge in [-0.2, -0.15) is 5.10 Å². The monoisotopic (exact) mass is 369 g/mol. The van der Waals surface area contributed by atoms with Crippen LogP contribution in [0.2, 0.25) is 0 Å². The number of hydrogen-bond donors (Lipinski definition) is 0. The standard InChI is InChI=1S/C20H27N5O2/c1-2-18-14-23(19(26)9-6-11-24-16-21-15-22-24)12-10-20(27)25(18)13-17-7-4-3-5-8-17/h3-5,7-8,15-16,18H,2,6,9-14H2,1H3/t18-/m0/s1. The molecular formula is C20H27N5O2. The molecule has 1 aliphatic rings. The summed E-state index contributed by atoms with van der Waals surface area (Å²) >= 11 is 0. The highest BCUT2D eigenvalue weighted by Crippen LogP contribution is 2.18. The van der Waals surface area contributed by atoms with Gasteiger partial charge in [-0.25, -0.2) is 4.98 Å². The molecule has 7 heteroatoms. The van der Waals surface area contributed by atoms with Crippen molar-refractivity contribution in [3.05, 3.63) is 48.5 Å². The van der Waals surface area contributed by atoms with Gasteiger partial charge in [0, 0.05) is 45.1 Å². The van der Waals surface area contributed by atoms with Crippen molar-refractivity contribution in [2.75, 3.05) is 13.1 Å². The van der Waals surface area contributed by atoms with Gasteiger partial charge in [0.15, 0.2) is 0 Å². The van der Waals surface area contributed by atoms with Crippen molar-refractivity contribution < 1.29 is 9.59 Å². The van der Waals surface area contributed by atoms with Crippen molar-refractivity contribution in [1.82, 2.24) is 24.6 Å². The molecule has 2 amide bonds. The van der Waals surface area contributed by atoms with E-state index >= 15 is 0 Å². The summed E-state index contributed by atoms with van der Waals surface area (Å²) in [6.07, 6.45) is 5.55. The van der Waals surface area contributed by atoms with Gasteiger partial charge in [-0.05, 0) is 18.4 Å². The third-order valence-electron chi connectivity index (χ3n) is 5.05. The van der Waals surface area contributed by atoms with Gasteiger partial charge >= 0.3 is 0 Å². The van der Waals surface area contributed by atoms with Crippen molar-refractivity contribution in [1.29, 1.82) is 0 Å². The van der Waals surface area contributed by atoms with Crippen LogP contribution in [0.4, 0.5) is 0 Å². The summed E-state index contributed by atoms with van der Waals surface area (Å²) in [4.78, 5) is 33.1. The number of aryl methyl sites for hydroxylation is 1. The van der Waals surface area contributed by atoms with Crippen LogP contribution < -0.4 is 0 Å². The van der Waals surface area contributed by atoms with Crippen LogP contribution in [0.1, 0.15) is 38.2 Å². The van der Waals surface area contributed by atoms with E-state index in [0.29, 0.717) is 39.0 Å². The lowest BCUT2D eigenvalue weighted by Gasteiger charge is -2.31. The molecule has 0 spiro atoms. The van der Waals surface area contributed by atoms with Crippen molar-refractivity contribution in [2.45, 2.75) is 51.7 Å². The molecular weight excluding hydrogens is 342 g/mol. The van der Waals surface area contributed by atoms with Gasteiger partial charge in [-0.15, -0.1) is 0 Å². The zero-order chi connectivity index (χ0) is 19.1. The molecule has 0 unspecified atom stereocenters. The first-order valence-electron chi connectivity index (χ1n) is 9.61. The summed E-state index contributed by atoms with van der Waals surface area (Å²) in [6.45, 7) is 4.47. The molecule has 0 saturated carbocycles. The van der Waals surface area contributed by atoms with E-state index in [1.54, 1.807) is 11.0 Å². The number of carbonyl (C=O) groups excluding carboxylic acids is 2. The Hall–Kier alpha value is -2.70. The van der Waals surface area contributed by atoms with E-state index in [4.69, 9.17) is 0 Å². The largest absolute Gasteiger partial charge is 0.340 e. The van der Waals surface area contributed by atoms with E-state index in [0.717, 1.165) is 18.4 Å². The van der Waals surface area contributed by atoms with Crippen LogP contribution in [0.3, 0.4) is 0 Å². The summed E-state index contributed by atoms with van der Waals surface area (Å²) < 4.78 is 1.73. The van der Waals surface area contributed by atoms with Crippen molar-refractivity contribution >= 4 is 11.8 Å². The maximum absolute atomic E-state index is 12.7. The molecule has 2 heterocycles. The molecule has 1 aromatic carbocycles. The lowest BCUT2D eigenvalue weighted by molar-refractivity contribution is -0.133. The number of amides is 2. The molecule has 0 aliphatic carbocycles. The fraction of sp³-hybridized carbons (Fsp3) is 0.500. The predicted molar refractivity (Wildman–Crippen MR) is 102 cm³/mol. The molecule has 0 bridgehead atoms. The molecule has 7 nitrogen and oxygen atoms in total. The van der Waals surface area contributed by atoms with Crippen LogP contribution in [0.25, 0.3) is 0 Å². The maximum Gasteiger partial charge on any atom is 0.224 e. The Kier molecular flexibility index (Phi) is 6.57. The van der Waals surface area contributed by atoms with E-state index < -0.39 is 0 Å². The van der Waals surface area contributed by atoms with Crippen LogP contribution in [-0.2, 0) is 22.7 Å². The minimum Gasteiger partial charge on any atom is -0.340 e. The second-order valence-electron chi connectivity index (χ2n) is 6.92. The molecule has 1 aromatic heterocycles. The Morgan fingerprint density at radius 3 is 2.78 bits per heavy atom. The number of rotatable bonds is 7. The molecule has 3 rings (SSSR count). The predicted octanol–water partition coefficient (Wildman–Crippen LogP) is 2.10. The lowest BCUT2D eigenvalue weighted by atomic mass is 10.1. The fourth-order valence-corrected chi connectivity index (χ4v) is 3.49. The average molecular weight is 369 g/mol. The number of nitrogens with zero attached hydrogens (tertiary/aromatic N) is 5. The van der Waals surface area contributed by atoms with Crippen molar-refractivity contribution in [3.8, 4) is 0 Å². The van der Waals surface area contributed by atoms with Gasteiger partial charge in [-0.3, -0.25) is 14.3 Å². The number of hydrogen-bond acceptors (Lipinski definition) is 4. The smallest absolute Gasteiger partial charge is 0.224 e. The van der Waals surface area contributed by atoms with E-state index in [1.807, 2.05) is 40.1 Å². The Bertz CT molecular complexity index is 732. The Balaban J connectivity index is 1.58. The molecule has 27 heavy (non-hydrogen) atoms. The second kappa shape index (κ2) is 9.30. The van der Waals surface area contributed by atoms with Gasteiger partial charge in [0.1, 0.15) is 12.7 Å². The molecule has 1 fully saturated rings. The minimum atomic E-state index is 0.0551. The van der Waals surface area contributed by atoms with Crippen molar-refractivity contribution in [3.63, 3.8) is 0 Å². The van der Waals surface area contributed by atoms with E-state index in [1.165, 1.54) is 6.33 Å². The molecule has 1 aliphatic heterocycles. The van der Waals surface area contributed by atoms with Gasteiger partial charge in [0.2, 0.25) is 11.8 Å². The van der Waals surface area contributed by atoms with Crippen molar-refractivity contribution in [2.24, 2.45) is 0 Å². The fourth-order valence-electron chi connectivity index (χ4n) is 3.49. The minimum absolute atomic E-state index is 0.0551. The topological polar surface area (TPSA) is 71.3 Å². The van der Waals surface area contributed by atoms with Gasteiger partial charge < -0.3 is 9.80 Å². The first-order valence-corrected chi connectivity index (χ1v) is 9.61. The summed E-state index contributed by atoms with van der Waals surface area (Å²) in [5, 5.41) is 4.05. The Morgan fingerprint density at radius 2 is 2.07 bits per heavy atom. The third kappa shape index (κ3) is 5.15. The Labute approximate surface area is 160 Å². The average Bonchev–Trinajstić information content (AvgIpc) is 3.15. The number of carbonyl (C=O) groups is 2. The molecule has 1 saturated heterocycles. The first-order chi connectivity index (χ1) is 13.2. The van der Waals surface area contributed by atoms with E-state index in [9.17, 15) is 9.59 Å². The van der Waals surface area contributed by atoms with Gasteiger partial charge in [0.05, 0.1) is 0 Å². The Morgan fingerprint density at radius 1 is 1.26 bits per heavy atom. The third-order valence-corrected chi connectivity index (χ3v) is 5.05. The second-order valence-corrected chi connectivity index (χ2v) is 6.92. The normalized spacial score (nSPS) is 17.8. The van der Waals surface area contributed by atoms with Crippen LogP contribution in [0.5, 0.6) is 0 Å².